The van der Waals surface area contributed by atoms with Gasteiger partial charge in [-0.05, 0) is 12.6 Å². The maximum Gasteiger partial charge on any atom is 0.271 e. The van der Waals surface area contributed by atoms with E-state index in [4.69, 9.17) is 4.55 Å². The van der Waals surface area contributed by atoms with Crippen LogP contribution in [0.1, 0.15) is 5.56 Å². The first-order chi connectivity index (χ1) is 11.1. The number of hydrogen-bond donors (Lipinski definition) is 5. The third-order valence-electron chi connectivity index (χ3n) is 3.48. The first-order valence-corrected chi connectivity index (χ1v) is 8.52. The number of benzene rings is 1. The van der Waals surface area contributed by atoms with Crippen molar-refractivity contribution in [3.63, 3.8) is 0 Å². The fourth-order valence-corrected chi connectivity index (χ4v) is 2.85. The van der Waals surface area contributed by atoms with Crippen LogP contribution in [0.5, 0.6) is 0 Å². The quantitative estimate of drug-likeness (QED) is 0.250. The Bertz CT molecular complexity index is 739. The third kappa shape index (κ3) is 4.52. The van der Waals surface area contributed by atoms with E-state index in [0.717, 1.165) is 0 Å². The summed E-state index contributed by atoms with van der Waals surface area (Å²) in [6, 6.07) is 2.51. The number of rotatable bonds is 6. The molecule has 0 aliphatic carbocycles. The second-order valence-electron chi connectivity index (χ2n) is 5.49. The van der Waals surface area contributed by atoms with Crippen molar-refractivity contribution in [3.8, 4) is 0 Å². The van der Waals surface area contributed by atoms with Crippen molar-refractivity contribution in [2.24, 2.45) is 0 Å². The van der Waals surface area contributed by atoms with E-state index in [1.54, 1.807) is 11.9 Å². The molecule has 2 atom stereocenters. The highest BCUT2D eigenvalue weighted by atomic mass is 32.2. The highest BCUT2D eigenvalue weighted by Gasteiger charge is 2.28. The maximum atomic E-state index is 11.0. The first-order valence-electron chi connectivity index (χ1n) is 6.91. The zero-order chi connectivity index (χ0) is 18.1. The lowest BCUT2D eigenvalue weighted by molar-refractivity contribution is -0.384. The van der Waals surface area contributed by atoms with Crippen molar-refractivity contribution in [3.05, 3.63) is 27.8 Å². The molecule has 0 amide bonds. The van der Waals surface area contributed by atoms with E-state index < -0.39 is 33.3 Å². The van der Waals surface area contributed by atoms with Crippen LogP contribution in [0.2, 0.25) is 0 Å². The zero-order valence-corrected chi connectivity index (χ0v) is 13.5. The number of nitrogens with zero attached hydrogens (tertiary/aromatic N) is 2. The van der Waals surface area contributed by atoms with Crippen molar-refractivity contribution in [1.82, 2.24) is 4.90 Å². The molecule has 5 N–H and O–H groups in total. The number of anilines is 2. The van der Waals surface area contributed by atoms with Crippen LogP contribution in [0.4, 0.5) is 17.1 Å². The summed E-state index contributed by atoms with van der Waals surface area (Å²) in [7, 11) is -2.54. The van der Waals surface area contributed by atoms with Gasteiger partial charge in [0.05, 0.1) is 22.1 Å². The number of nitro benzene ring substituents is 1. The molecular weight excluding hydrogens is 344 g/mol. The van der Waals surface area contributed by atoms with E-state index in [0.29, 0.717) is 11.3 Å². The fraction of sp³-hybridized carbons (Fsp3) is 0.500. The SMILES string of the molecule is CN(CCS(=O)(=O)O)Cc1cc([N+](=O)[O-])cc2c1NC(O)C(O)N2. The summed E-state index contributed by atoms with van der Waals surface area (Å²) in [5.41, 5.74) is 0.831. The van der Waals surface area contributed by atoms with Gasteiger partial charge in [0.15, 0.2) is 12.5 Å². The Labute approximate surface area is 137 Å². The van der Waals surface area contributed by atoms with Crippen molar-refractivity contribution < 1.29 is 28.1 Å². The molecule has 1 aliphatic heterocycles. The number of non-ortho nitro benzene ring substituents is 1. The number of fused-ring (bicyclic) bond motifs is 1. The molecule has 0 saturated heterocycles. The third-order valence-corrected chi connectivity index (χ3v) is 4.18. The van der Waals surface area contributed by atoms with Crippen LogP contribution in [0.25, 0.3) is 0 Å². The van der Waals surface area contributed by atoms with E-state index in [2.05, 4.69) is 10.6 Å². The minimum Gasteiger partial charge on any atom is -0.369 e. The summed E-state index contributed by atoms with van der Waals surface area (Å²) in [4.78, 5) is 12.0. The minimum atomic E-state index is -4.12. The summed E-state index contributed by atoms with van der Waals surface area (Å²) in [5.74, 6) is -0.479. The molecule has 0 radical (unpaired) electrons. The van der Waals surface area contributed by atoms with Crippen LogP contribution in [0.15, 0.2) is 12.1 Å². The average molecular weight is 362 g/mol. The molecule has 0 fully saturated rings. The van der Waals surface area contributed by atoms with Gasteiger partial charge in [0.2, 0.25) is 0 Å². The van der Waals surface area contributed by atoms with Crippen molar-refractivity contribution in [2.45, 2.75) is 19.0 Å². The Balaban J connectivity index is 2.29. The van der Waals surface area contributed by atoms with Gasteiger partial charge >= 0.3 is 0 Å². The Hall–Kier alpha value is -1.99. The fourth-order valence-electron chi connectivity index (χ4n) is 2.31. The molecule has 0 aromatic heterocycles. The molecule has 2 rings (SSSR count). The van der Waals surface area contributed by atoms with E-state index >= 15 is 0 Å². The van der Waals surface area contributed by atoms with Crippen molar-refractivity contribution >= 4 is 27.2 Å². The second-order valence-corrected chi connectivity index (χ2v) is 7.06. The highest BCUT2D eigenvalue weighted by Crippen LogP contribution is 2.35. The van der Waals surface area contributed by atoms with E-state index in [1.165, 1.54) is 12.1 Å². The van der Waals surface area contributed by atoms with Gasteiger partial charge in [-0.15, -0.1) is 0 Å². The molecule has 24 heavy (non-hydrogen) atoms. The van der Waals surface area contributed by atoms with Crippen molar-refractivity contribution in [1.29, 1.82) is 0 Å². The molecule has 1 heterocycles. The molecule has 1 aromatic rings. The van der Waals surface area contributed by atoms with Crippen LogP contribution < -0.4 is 10.6 Å². The molecule has 1 aliphatic rings. The Morgan fingerprint density at radius 2 is 1.92 bits per heavy atom. The second kappa shape index (κ2) is 6.86. The smallest absolute Gasteiger partial charge is 0.271 e. The summed E-state index contributed by atoms with van der Waals surface area (Å²) < 4.78 is 30.4. The maximum absolute atomic E-state index is 11.0. The molecular formula is C12H18N4O7S. The van der Waals surface area contributed by atoms with E-state index in [1.807, 2.05) is 0 Å². The predicted molar refractivity (Wildman–Crippen MR) is 85.1 cm³/mol. The normalized spacial score (nSPS) is 20.2. The minimum absolute atomic E-state index is 0.00884. The number of aliphatic hydroxyl groups is 2. The molecule has 12 heteroatoms. The Morgan fingerprint density at radius 1 is 1.29 bits per heavy atom. The largest absolute Gasteiger partial charge is 0.369 e. The van der Waals surface area contributed by atoms with Gasteiger partial charge in [-0.1, -0.05) is 0 Å². The van der Waals surface area contributed by atoms with Gasteiger partial charge in [0, 0.05) is 25.2 Å². The summed E-state index contributed by atoms with van der Waals surface area (Å²) >= 11 is 0. The zero-order valence-electron chi connectivity index (χ0n) is 12.7. The summed E-state index contributed by atoms with van der Waals surface area (Å²) in [6.07, 6.45) is -2.63. The van der Waals surface area contributed by atoms with Crippen LogP contribution in [0, 0.1) is 10.1 Å². The highest BCUT2D eigenvalue weighted by molar-refractivity contribution is 7.85. The number of hydrogen-bond acceptors (Lipinski definition) is 9. The first kappa shape index (κ1) is 18.4. The molecule has 11 nitrogen and oxygen atoms in total. The summed E-state index contributed by atoms with van der Waals surface area (Å²) in [5, 5.41) is 35.5. The molecule has 0 bridgehead atoms. The monoisotopic (exact) mass is 362 g/mol. The number of aliphatic hydroxyl groups excluding tert-OH is 2. The average Bonchev–Trinajstić information content (AvgIpc) is 2.46. The van der Waals surface area contributed by atoms with Gasteiger partial charge in [0.1, 0.15) is 0 Å². The standard InChI is InChI=1S/C12H18N4O7S/c1-15(2-3-24(21,22)23)6-7-4-8(16(19)20)5-9-10(7)14-12(18)11(17)13-9/h4-5,11-14,17-18H,2-3,6H2,1H3,(H,21,22,23). The Morgan fingerprint density at radius 3 is 2.50 bits per heavy atom. The molecule has 2 unspecified atom stereocenters. The van der Waals surface area contributed by atoms with E-state index in [-0.39, 0.29) is 24.5 Å². The predicted octanol–water partition coefficient (Wildman–Crippen LogP) is -0.611. The van der Waals surface area contributed by atoms with Gasteiger partial charge < -0.3 is 25.7 Å². The van der Waals surface area contributed by atoms with Crippen LogP contribution in [-0.4, -0.2) is 64.8 Å². The Kier molecular flexibility index (Phi) is 5.25. The molecule has 1 aromatic carbocycles. The van der Waals surface area contributed by atoms with Crippen molar-refractivity contribution in [2.75, 3.05) is 30.0 Å². The molecule has 0 saturated carbocycles. The number of nitrogens with one attached hydrogen (secondary N) is 2. The molecule has 134 valence electrons. The summed E-state index contributed by atoms with van der Waals surface area (Å²) in [6.45, 7) is 0.131. The van der Waals surface area contributed by atoms with E-state index in [9.17, 15) is 28.7 Å². The van der Waals surface area contributed by atoms with Gasteiger partial charge in [0.25, 0.3) is 15.8 Å². The van der Waals surface area contributed by atoms with Crippen LogP contribution in [0.3, 0.4) is 0 Å². The van der Waals surface area contributed by atoms with Gasteiger partial charge in [-0.2, -0.15) is 8.42 Å². The number of nitro groups is 1. The lowest BCUT2D eigenvalue weighted by atomic mass is 10.1. The lowest BCUT2D eigenvalue weighted by Crippen LogP contribution is -2.43. The topological polar surface area (TPSA) is 165 Å². The van der Waals surface area contributed by atoms with Gasteiger partial charge in [-0.25, -0.2) is 0 Å². The lowest BCUT2D eigenvalue weighted by Gasteiger charge is -2.31. The van der Waals surface area contributed by atoms with Gasteiger partial charge in [-0.3, -0.25) is 14.7 Å². The molecule has 0 spiro atoms. The van der Waals surface area contributed by atoms with Crippen LogP contribution >= 0.6 is 0 Å². The van der Waals surface area contributed by atoms with Crippen LogP contribution in [-0.2, 0) is 16.7 Å².